The molecule has 228 valence electrons. The SMILES string of the molecule is CC1=C(C(=O)Nc2ccccc2)[C@@H](c2ccccc2)n2c(s/c(=C\c3cn(Cc4cccc5ccccc45)c4ccccc34)c2=O)=N1. The summed E-state index contributed by atoms with van der Waals surface area (Å²) in [4.78, 5) is 33.5. The van der Waals surface area contributed by atoms with Crippen LogP contribution in [0.1, 0.15) is 29.7 Å². The molecule has 47 heavy (non-hydrogen) atoms. The molecule has 8 rings (SSSR count). The summed E-state index contributed by atoms with van der Waals surface area (Å²) in [5.74, 6) is -0.280. The second-order valence-corrected chi connectivity index (χ2v) is 12.7. The summed E-state index contributed by atoms with van der Waals surface area (Å²) >= 11 is 1.35. The van der Waals surface area contributed by atoms with Crippen LogP contribution in [0.15, 0.2) is 155 Å². The summed E-state index contributed by atoms with van der Waals surface area (Å²) in [6.45, 7) is 2.54. The van der Waals surface area contributed by atoms with Gasteiger partial charge in [0.1, 0.15) is 0 Å². The number of hydrogen-bond donors (Lipinski definition) is 1. The van der Waals surface area contributed by atoms with E-state index in [1.165, 1.54) is 27.7 Å². The molecule has 0 saturated carbocycles. The Labute approximate surface area is 274 Å². The van der Waals surface area contributed by atoms with Crippen molar-refractivity contribution >= 4 is 50.7 Å². The highest BCUT2D eigenvalue weighted by molar-refractivity contribution is 7.07. The van der Waals surface area contributed by atoms with E-state index in [-0.39, 0.29) is 11.5 Å². The van der Waals surface area contributed by atoms with Gasteiger partial charge >= 0.3 is 0 Å². The number of nitrogens with one attached hydrogen (secondary N) is 1. The fraction of sp³-hybridized carbons (Fsp3) is 0.0750. The number of rotatable bonds is 6. The van der Waals surface area contributed by atoms with Crippen LogP contribution >= 0.6 is 11.3 Å². The Morgan fingerprint density at radius 1 is 0.830 bits per heavy atom. The number of carbonyl (C=O) groups excluding carboxylic acids is 1. The van der Waals surface area contributed by atoms with E-state index in [0.29, 0.717) is 32.8 Å². The van der Waals surface area contributed by atoms with Gasteiger partial charge in [-0.2, -0.15) is 0 Å². The third kappa shape index (κ3) is 5.20. The van der Waals surface area contributed by atoms with Crippen molar-refractivity contribution in [3.63, 3.8) is 0 Å². The van der Waals surface area contributed by atoms with Crippen LogP contribution in [0.4, 0.5) is 5.69 Å². The standard InChI is InChI=1S/C40H30N4O2S/c1-26-36(38(45)42-31-18-6-3-7-19-31)37(28-14-4-2-5-15-28)44-39(46)35(47-40(44)41-26)23-30-25-43(34-22-11-10-21-33(30)34)24-29-17-12-16-27-13-8-9-20-32(27)29/h2-23,25,37H,24H2,1H3,(H,42,45)/b35-23-/t37-/m1/s1. The monoisotopic (exact) mass is 630 g/mol. The number of aromatic nitrogens is 2. The molecule has 0 aliphatic carbocycles. The lowest BCUT2D eigenvalue weighted by Crippen LogP contribution is -2.40. The number of carbonyl (C=O) groups is 1. The lowest BCUT2D eigenvalue weighted by Gasteiger charge is -2.25. The Morgan fingerprint density at radius 3 is 2.32 bits per heavy atom. The number of allylic oxidation sites excluding steroid dienone is 1. The molecule has 0 bridgehead atoms. The maximum Gasteiger partial charge on any atom is 0.271 e. The predicted octanol–water partition coefficient (Wildman–Crippen LogP) is 7.03. The molecule has 1 aliphatic heterocycles. The molecule has 0 radical (unpaired) electrons. The summed E-state index contributed by atoms with van der Waals surface area (Å²) in [6.07, 6.45) is 4.10. The molecule has 5 aromatic carbocycles. The number of fused-ring (bicyclic) bond motifs is 3. The molecule has 0 unspecified atom stereocenters. The highest BCUT2D eigenvalue weighted by Gasteiger charge is 2.32. The van der Waals surface area contributed by atoms with E-state index in [2.05, 4.69) is 70.7 Å². The van der Waals surface area contributed by atoms with E-state index in [1.54, 1.807) is 4.57 Å². The van der Waals surface area contributed by atoms with Crippen LogP contribution in [-0.4, -0.2) is 15.0 Å². The Bertz CT molecular complexity index is 2520. The Hall–Kier alpha value is -5.79. The quantitative estimate of drug-likeness (QED) is 0.214. The van der Waals surface area contributed by atoms with Crippen molar-refractivity contribution in [2.75, 3.05) is 5.32 Å². The molecule has 0 spiro atoms. The second-order valence-electron chi connectivity index (χ2n) is 11.7. The first kappa shape index (κ1) is 28.7. The van der Waals surface area contributed by atoms with Crippen molar-refractivity contribution in [2.45, 2.75) is 19.5 Å². The van der Waals surface area contributed by atoms with Crippen molar-refractivity contribution in [2.24, 2.45) is 4.99 Å². The number of nitrogens with zero attached hydrogens (tertiary/aromatic N) is 3. The lowest BCUT2D eigenvalue weighted by atomic mass is 9.95. The maximum absolute atomic E-state index is 14.3. The van der Waals surface area contributed by atoms with Gasteiger partial charge in [-0.25, -0.2) is 4.99 Å². The van der Waals surface area contributed by atoms with Gasteiger partial charge in [-0.05, 0) is 53.1 Å². The van der Waals surface area contributed by atoms with Crippen LogP contribution < -0.4 is 20.2 Å². The molecular weight excluding hydrogens is 601 g/mol. The van der Waals surface area contributed by atoms with E-state index >= 15 is 0 Å². The van der Waals surface area contributed by atoms with Gasteiger partial charge in [0, 0.05) is 34.9 Å². The fourth-order valence-electron chi connectivity index (χ4n) is 6.56. The third-order valence-corrected chi connectivity index (χ3v) is 9.72. The zero-order chi connectivity index (χ0) is 31.9. The second kappa shape index (κ2) is 11.9. The molecule has 1 N–H and O–H groups in total. The first-order chi connectivity index (χ1) is 23.0. The maximum atomic E-state index is 14.3. The van der Waals surface area contributed by atoms with Crippen LogP contribution in [0.25, 0.3) is 27.8 Å². The number of amides is 1. The van der Waals surface area contributed by atoms with E-state index in [9.17, 15) is 9.59 Å². The molecule has 7 heteroatoms. The molecule has 3 heterocycles. The largest absolute Gasteiger partial charge is 0.342 e. The van der Waals surface area contributed by atoms with Crippen molar-refractivity contribution < 1.29 is 4.79 Å². The number of anilines is 1. The molecule has 7 aromatic rings. The number of hydrogen-bond acceptors (Lipinski definition) is 4. The smallest absolute Gasteiger partial charge is 0.271 e. The van der Waals surface area contributed by atoms with Crippen molar-refractivity contribution in [3.8, 4) is 0 Å². The first-order valence-corrected chi connectivity index (χ1v) is 16.4. The van der Waals surface area contributed by atoms with Crippen molar-refractivity contribution in [1.29, 1.82) is 0 Å². The minimum Gasteiger partial charge on any atom is -0.342 e. The number of benzene rings is 5. The molecule has 1 atom stereocenters. The zero-order valence-corrected chi connectivity index (χ0v) is 26.4. The van der Waals surface area contributed by atoms with Crippen molar-refractivity contribution in [1.82, 2.24) is 9.13 Å². The highest BCUT2D eigenvalue weighted by Crippen LogP contribution is 2.31. The van der Waals surface area contributed by atoms with Crippen LogP contribution in [0.2, 0.25) is 0 Å². The summed E-state index contributed by atoms with van der Waals surface area (Å²) in [5, 5.41) is 6.52. The van der Waals surface area contributed by atoms with E-state index in [1.807, 2.05) is 85.8 Å². The predicted molar refractivity (Wildman–Crippen MR) is 190 cm³/mol. The number of thiazole rings is 1. The molecular formula is C40H30N4O2S. The summed E-state index contributed by atoms with van der Waals surface area (Å²) in [5.41, 5.74) is 5.68. The molecule has 2 aromatic heterocycles. The Kier molecular flexibility index (Phi) is 7.23. The molecule has 0 saturated heterocycles. The van der Waals surface area contributed by atoms with E-state index in [4.69, 9.17) is 4.99 Å². The zero-order valence-electron chi connectivity index (χ0n) is 25.6. The van der Waals surface area contributed by atoms with Gasteiger partial charge in [0.05, 0.1) is 21.8 Å². The fourth-order valence-corrected chi connectivity index (χ4v) is 7.60. The molecule has 0 fully saturated rings. The van der Waals surface area contributed by atoms with Crippen LogP contribution in [0.3, 0.4) is 0 Å². The average molecular weight is 631 g/mol. The Balaban J connectivity index is 1.25. The summed E-state index contributed by atoms with van der Waals surface area (Å²) in [7, 11) is 0. The minimum atomic E-state index is -0.619. The van der Waals surface area contributed by atoms with Crippen LogP contribution in [-0.2, 0) is 11.3 Å². The molecule has 6 nitrogen and oxygen atoms in total. The summed E-state index contributed by atoms with van der Waals surface area (Å²) < 4.78 is 4.49. The molecule has 1 aliphatic rings. The van der Waals surface area contributed by atoms with Crippen molar-refractivity contribution in [3.05, 3.63) is 181 Å². The first-order valence-electron chi connectivity index (χ1n) is 15.5. The molecule has 1 amide bonds. The van der Waals surface area contributed by atoms with Crippen LogP contribution in [0.5, 0.6) is 0 Å². The van der Waals surface area contributed by atoms with Gasteiger partial charge in [-0.3, -0.25) is 14.2 Å². The third-order valence-electron chi connectivity index (χ3n) is 8.74. The topological polar surface area (TPSA) is 68.4 Å². The lowest BCUT2D eigenvalue weighted by molar-refractivity contribution is -0.113. The van der Waals surface area contributed by atoms with Gasteiger partial charge in [-0.1, -0.05) is 121 Å². The van der Waals surface area contributed by atoms with Gasteiger partial charge in [-0.15, -0.1) is 0 Å². The van der Waals surface area contributed by atoms with Gasteiger partial charge < -0.3 is 9.88 Å². The van der Waals surface area contributed by atoms with Crippen LogP contribution in [0, 0.1) is 0 Å². The normalized spacial score (nSPS) is 14.7. The van der Waals surface area contributed by atoms with E-state index < -0.39 is 6.04 Å². The van der Waals surface area contributed by atoms with E-state index in [0.717, 1.165) is 22.0 Å². The van der Waals surface area contributed by atoms with Gasteiger partial charge in [0.15, 0.2) is 4.80 Å². The minimum absolute atomic E-state index is 0.175. The number of para-hydroxylation sites is 2. The highest BCUT2D eigenvalue weighted by atomic mass is 32.1. The average Bonchev–Trinajstić information content (AvgIpc) is 3.60. The summed E-state index contributed by atoms with van der Waals surface area (Å²) in [6, 6.07) is 41.6. The Morgan fingerprint density at radius 2 is 1.51 bits per heavy atom. The van der Waals surface area contributed by atoms with Gasteiger partial charge in [0.2, 0.25) is 0 Å². The van der Waals surface area contributed by atoms with Gasteiger partial charge in [0.25, 0.3) is 11.5 Å².